The zero-order chi connectivity index (χ0) is 9.38. The van der Waals surface area contributed by atoms with Gasteiger partial charge in [-0.2, -0.15) is 5.10 Å². The van der Waals surface area contributed by atoms with Crippen molar-refractivity contribution in [3.63, 3.8) is 0 Å². The van der Waals surface area contributed by atoms with E-state index in [4.69, 9.17) is 0 Å². The summed E-state index contributed by atoms with van der Waals surface area (Å²) in [5, 5.41) is 11.6. The van der Waals surface area contributed by atoms with Crippen LogP contribution in [0, 0.1) is 0 Å². The Morgan fingerprint density at radius 1 is 1.36 bits per heavy atom. The van der Waals surface area contributed by atoms with Gasteiger partial charge < -0.3 is 5.32 Å². The number of nitrogens with zero attached hydrogens (tertiary/aromatic N) is 1. The molecule has 2 N–H and O–H groups in total. The second-order valence-electron chi connectivity index (χ2n) is 3.91. The minimum atomic E-state index is 0.683. The molecule has 0 amide bonds. The number of nitrogens with one attached hydrogen (secondary N) is 2. The quantitative estimate of drug-likeness (QED) is 0.712. The molecule has 1 fully saturated rings. The van der Waals surface area contributed by atoms with E-state index in [2.05, 4.69) is 33.7 Å². The molecular formula is C11H13N3. The van der Waals surface area contributed by atoms with Crippen molar-refractivity contribution < 1.29 is 0 Å². The van der Waals surface area contributed by atoms with Crippen LogP contribution >= 0.6 is 0 Å². The van der Waals surface area contributed by atoms with Crippen molar-refractivity contribution >= 4 is 10.9 Å². The van der Waals surface area contributed by atoms with Gasteiger partial charge in [0.25, 0.3) is 0 Å². The summed E-state index contributed by atoms with van der Waals surface area (Å²) in [7, 11) is 0. The number of hydrogen-bond acceptors (Lipinski definition) is 2. The van der Waals surface area contributed by atoms with Gasteiger partial charge in [-0.15, -0.1) is 0 Å². The first kappa shape index (κ1) is 8.00. The van der Waals surface area contributed by atoms with Crippen LogP contribution in [0.1, 0.15) is 17.9 Å². The average Bonchev–Trinajstić information content (AvgIpc) is 2.88. The highest BCUT2D eigenvalue weighted by atomic mass is 15.1. The van der Waals surface area contributed by atoms with E-state index in [0.717, 1.165) is 18.6 Å². The molecule has 0 spiro atoms. The lowest BCUT2D eigenvalue weighted by Gasteiger charge is -2.07. The summed E-state index contributed by atoms with van der Waals surface area (Å²) >= 11 is 0. The van der Waals surface area contributed by atoms with Crippen molar-refractivity contribution in [3.05, 3.63) is 30.0 Å². The molecule has 0 aliphatic carbocycles. The van der Waals surface area contributed by atoms with Gasteiger partial charge in [0.1, 0.15) is 0 Å². The lowest BCUT2D eigenvalue weighted by atomic mass is 9.98. The Kier molecular flexibility index (Phi) is 1.77. The van der Waals surface area contributed by atoms with Crippen molar-refractivity contribution in [1.29, 1.82) is 0 Å². The van der Waals surface area contributed by atoms with E-state index in [1.165, 1.54) is 17.4 Å². The lowest BCUT2D eigenvalue weighted by Crippen LogP contribution is -2.07. The zero-order valence-corrected chi connectivity index (χ0v) is 7.96. The number of hydrogen-bond donors (Lipinski definition) is 2. The first-order valence-electron chi connectivity index (χ1n) is 5.07. The van der Waals surface area contributed by atoms with Gasteiger partial charge in [0.05, 0.1) is 11.7 Å². The van der Waals surface area contributed by atoms with E-state index < -0.39 is 0 Å². The van der Waals surface area contributed by atoms with Gasteiger partial charge in [-0.05, 0) is 30.5 Å². The van der Waals surface area contributed by atoms with E-state index in [9.17, 15) is 0 Å². The predicted molar refractivity (Wildman–Crippen MR) is 56.3 cm³/mol. The van der Waals surface area contributed by atoms with Crippen molar-refractivity contribution in [3.8, 4) is 0 Å². The Hall–Kier alpha value is -1.35. The minimum Gasteiger partial charge on any atom is -0.316 e. The Balaban J connectivity index is 2.04. The summed E-state index contributed by atoms with van der Waals surface area (Å²) in [6.45, 7) is 2.26. The second-order valence-corrected chi connectivity index (χ2v) is 3.91. The van der Waals surface area contributed by atoms with E-state index in [1.807, 2.05) is 6.20 Å². The molecule has 1 aliphatic heterocycles. The van der Waals surface area contributed by atoms with Crippen LogP contribution in [-0.4, -0.2) is 23.3 Å². The first-order valence-corrected chi connectivity index (χ1v) is 5.07. The molecule has 3 rings (SSSR count). The van der Waals surface area contributed by atoms with Gasteiger partial charge in [0.15, 0.2) is 0 Å². The van der Waals surface area contributed by atoms with Gasteiger partial charge >= 0.3 is 0 Å². The van der Waals surface area contributed by atoms with Crippen LogP contribution in [-0.2, 0) is 0 Å². The monoisotopic (exact) mass is 187 g/mol. The third kappa shape index (κ3) is 1.21. The van der Waals surface area contributed by atoms with Crippen molar-refractivity contribution in [2.45, 2.75) is 12.3 Å². The van der Waals surface area contributed by atoms with Crippen LogP contribution in [0.15, 0.2) is 24.4 Å². The SMILES string of the molecule is c1cc2cn[nH]c2cc1C1CCNC1. The molecule has 72 valence electrons. The average molecular weight is 187 g/mol. The van der Waals surface area contributed by atoms with E-state index >= 15 is 0 Å². The molecule has 3 nitrogen and oxygen atoms in total. The molecule has 0 bridgehead atoms. The minimum absolute atomic E-state index is 0.683. The zero-order valence-electron chi connectivity index (χ0n) is 7.96. The van der Waals surface area contributed by atoms with Crippen molar-refractivity contribution in [1.82, 2.24) is 15.5 Å². The number of aromatic nitrogens is 2. The highest BCUT2D eigenvalue weighted by Gasteiger charge is 2.16. The molecule has 1 atom stereocenters. The Bertz CT molecular complexity index is 440. The maximum absolute atomic E-state index is 4.03. The van der Waals surface area contributed by atoms with E-state index in [1.54, 1.807) is 0 Å². The van der Waals surface area contributed by atoms with Crippen LogP contribution in [0.2, 0.25) is 0 Å². The fourth-order valence-electron chi connectivity index (χ4n) is 2.15. The molecule has 0 radical (unpaired) electrons. The maximum atomic E-state index is 4.03. The third-order valence-corrected chi connectivity index (χ3v) is 3.00. The summed E-state index contributed by atoms with van der Waals surface area (Å²) in [6, 6.07) is 6.59. The van der Waals surface area contributed by atoms with E-state index in [0.29, 0.717) is 5.92 Å². The van der Waals surface area contributed by atoms with Crippen LogP contribution in [0.3, 0.4) is 0 Å². The summed E-state index contributed by atoms with van der Waals surface area (Å²) in [4.78, 5) is 0. The highest BCUT2D eigenvalue weighted by molar-refractivity contribution is 5.78. The van der Waals surface area contributed by atoms with Crippen LogP contribution in [0.25, 0.3) is 10.9 Å². The summed E-state index contributed by atoms with van der Waals surface area (Å²) < 4.78 is 0. The highest BCUT2D eigenvalue weighted by Crippen LogP contribution is 2.24. The number of fused-ring (bicyclic) bond motifs is 1. The number of benzene rings is 1. The number of H-pyrrole nitrogens is 1. The van der Waals surface area contributed by atoms with Crippen LogP contribution in [0.5, 0.6) is 0 Å². The summed E-state index contributed by atoms with van der Waals surface area (Å²) in [5.74, 6) is 0.683. The molecular weight excluding hydrogens is 174 g/mol. The molecule has 0 saturated carbocycles. The van der Waals surface area contributed by atoms with E-state index in [-0.39, 0.29) is 0 Å². The topological polar surface area (TPSA) is 40.7 Å². The molecule has 14 heavy (non-hydrogen) atoms. The van der Waals surface area contributed by atoms with Gasteiger partial charge in [0.2, 0.25) is 0 Å². The van der Waals surface area contributed by atoms with Crippen LogP contribution < -0.4 is 5.32 Å². The molecule has 1 saturated heterocycles. The second kappa shape index (κ2) is 3.10. The smallest absolute Gasteiger partial charge is 0.0653 e. The first-order chi connectivity index (χ1) is 6.93. The van der Waals surface area contributed by atoms with Crippen molar-refractivity contribution in [2.24, 2.45) is 0 Å². The Morgan fingerprint density at radius 3 is 3.21 bits per heavy atom. The summed E-state index contributed by atoms with van der Waals surface area (Å²) in [5.41, 5.74) is 2.57. The Morgan fingerprint density at radius 2 is 2.36 bits per heavy atom. The standard InChI is InChI=1S/C11H13N3/c1-2-10-7-13-14-11(10)5-8(1)9-3-4-12-6-9/h1-2,5,7,9,12H,3-4,6H2,(H,13,14). The summed E-state index contributed by atoms with van der Waals surface area (Å²) in [6.07, 6.45) is 3.12. The number of rotatable bonds is 1. The van der Waals surface area contributed by atoms with Gasteiger partial charge in [-0.25, -0.2) is 0 Å². The lowest BCUT2D eigenvalue weighted by molar-refractivity contribution is 0.764. The fourth-order valence-corrected chi connectivity index (χ4v) is 2.15. The third-order valence-electron chi connectivity index (χ3n) is 3.00. The molecule has 2 heterocycles. The van der Waals surface area contributed by atoms with Gasteiger partial charge in [-0.1, -0.05) is 12.1 Å². The number of aromatic amines is 1. The fraction of sp³-hybridized carbons (Fsp3) is 0.364. The van der Waals surface area contributed by atoms with Gasteiger partial charge in [0, 0.05) is 11.9 Å². The molecule has 1 aliphatic rings. The molecule has 2 aromatic rings. The Labute approximate surface area is 82.5 Å². The normalized spacial score (nSPS) is 21.9. The predicted octanol–water partition coefficient (Wildman–Crippen LogP) is 1.64. The maximum Gasteiger partial charge on any atom is 0.0653 e. The van der Waals surface area contributed by atoms with Crippen LogP contribution in [0.4, 0.5) is 0 Å². The largest absolute Gasteiger partial charge is 0.316 e. The molecule has 1 unspecified atom stereocenters. The molecule has 1 aromatic heterocycles. The molecule has 1 aromatic carbocycles. The van der Waals surface area contributed by atoms with Crippen molar-refractivity contribution in [2.75, 3.05) is 13.1 Å². The van der Waals surface area contributed by atoms with Gasteiger partial charge in [-0.3, -0.25) is 5.10 Å². The molecule has 3 heteroatoms.